The van der Waals surface area contributed by atoms with Crippen molar-refractivity contribution in [1.29, 1.82) is 0 Å². The average Bonchev–Trinajstić information content (AvgIpc) is 2.25. The Balaban J connectivity index is 2.98. The summed E-state index contributed by atoms with van der Waals surface area (Å²) >= 11 is 0. The van der Waals surface area contributed by atoms with Crippen LogP contribution in [0.1, 0.15) is 46.1 Å². The summed E-state index contributed by atoms with van der Waals surface area (Å²) in [5.41, 5.74) is 0.944. The van der Waals surface area contributed by atoms with Crippen LogP contribution < -0.4 is 4.74 Å². The lowest BCUT2D eigenvalue weighted by atomic mass is 9.80. The van der Waals surface area contributed by atoms with Crippen molar-refractivity contribution in [1.82, 2.24) is 0 Å². The van der Waals surface area contributed by atoms with Crippen molar-refractivity contribution in [3.63, 3.8) is 0 Å². The van der Waals surface area contributed by atoms with E-state index >= 15 is 0 Å². The molecule has 0 saturated carbocycles. The zero-order valence-corrected chi connectivity index (χ0v) is 11.2. The Kier molecular flexibility index (Phi) is 4.73. The molecule has 0 bridgehead atoms. The highest BCUT2D eigenvalue weighted by atomic mass is 16.5. The van der Waals surface area contributed by atoms with E-state index in [9.17, 15) is 4.79 Å². The van der Waals surface area contributed by atoms with E-state index in [2.05, 4.69) is 20.8 Å². The van der Waals surface area contributed by atoms with Gasteiger partial charge in [-0.3, -0.25) is 4.79 Å². The molecule has 17 heavy (non-hydrogen) atoms. The van der Waals surface area contributed by atoms with Gasteiger partial charge in [-0.1, -0.05) is 39.0 Å². The Morgan fingerprint density at radius 1 is 1.29 bits per heavy atom. The molecular formula is C15H22O2. The van der Waals surface area contributed by atoms with Gasteiger partial charge in [0.25, 0.3) is 0 Å². The summed E-state index contributed by atoms with van der Waals surface area (Å²) in [6, 6.07) is 8.00. The van der Waals surface area contributed by atoms with Crippen LogP contribution >= 0.6 is 0 Å². The molecule has 94 valence electrons. The smallest absolute Gasteiger partial charge is 0.130 e. The third-order valence-corrected chi connectivity index (χ3v) is 2.77. The molecule has 0 aliphatic heterocycles. The van der Waals surface area contributed by atoms with Crippen LogP contribution in [0.5, 0.6) is 5.75 Å². The molecule has 0 unspecified atom stereocenters. The lowest BCUT2D eigenvalue weighted by Gasteiger charge is -2.26. The minimum absolute atomic E-state index is 0.170. The van der Waals surface area contributed by atoms with Crippen molar-refractivity contribution in [3.8, 4) is 5.75 Å². The number of hydrogen-bond acceptors (Lipinski definition) is 2. The molecule has 2 heteroatoms. The SMILES string of the molecule is CCCOc1ccccc1C(C)(C)CC(C)=O. The van der Waals surface area contributed by atoms with Gasteiger partial charge in [-0.2, -0.15) is 0 Å². The Bertz CT molecular complexity index is 380. The number of carbonyl (C=O) groups is 1. The molecule has 0 radical (unpaired) electrons. The van der Waals surface area contributed by atoms with Crippen LogP contribution in [-0.2, 0) is 10.2 Å². The average molecular weight is 234 g/mol. The van der Waals surface area contributed by atoms with E-state index < -0.39 is 0 Å². The number of carbonyl (C=O) groups excluding carboxylic acids is 1. The number of Topliss-reactive ketones (excluding diaryl/α,β-unsaturated/α-hetero) is 1. The van der Waals surface area contributed by atoms with Gasteiger partial charge in [0.2, 0.25) is 0 Å². The highest BCUT2D eigenvalue weighted by molar-refractivity contribution is 5.77. The zero-order valence-electron chi connectivity index (χ0n) is 11.2. The summed E-state index contributed by atoms with van der Waals surface area (Å²) in [4.78, 5) is 11.3. The molecule has 0 aromatic heterocycles. The normalized spacial score (nSPS) is 11.3. The van der Waals surface area contributed by atoms with E-state index in [1.54, 1.807) is 6.92 Å². The Labute approximate surface area is 104 Å². The summed E-state index contributed by atoms with van der Waals surface area (Å²) < 4.78 is 5.74. The lowest BCUT2D eigenvalue weighted by molar-refractivity contribution is -0.118. The number of benzene rings is 1. The van der Waals surface area contributed by atoms with Crippen LogP contribution in [0.3, 0.4) is 0 Å². The van der Waals surface area contributed by atoms with Crippen LogP contribution in [0.4, 0.5) is 0 Å². The molecule has 2 nitrogen and oxygen atoms in total. The number of para-hydroxylation sites is 1. The fraction of sp³-hybridized carbons (Fsp3) is 0.533. The maximum atomic E-state index is 11.3. The van der Waals surface area contributed by atoms with Gasteiger partial charge in [-0.05, 0) is 19.4 Å². The Morgan fingerprint density at radius 3 is 2.53 bits per heavy atom. The van der Waals surface area contributed by atoms with Crippen LogP contribution in [0.2, 0.25) is 0 Å². The van der Waals surface area contributed by atoms with Gasteiger partial charge in [0, 0.05) is 17.4 Å². The van der Waals surface area contributed by atoms with E-state index in [0.29, 0.717) is 13.0 Å². The molecule has 0 fully saturated rings. The van der Waals surface area contributed by atoms with Gasteiger partial charge in [-0.15, -0.1) is 0 Å². The van der Waals surface area contributed by atoms with Crippen LogP contribution in [-0.4, -0.2) is 12.4 Å². The van der Waals surface area contributed by atoms with Crippen LogP contribution in [0.25, 0.3) is 0 Å². The van der Waals surface area contributed by atoms with Crippen molar-refractivity contribution in [2.75, 3.05) is 6.61 Å². The minimum Gasteiger partial charge on any atom is -0.493 e. The maximum Gasteiger partial charge on any atom is 0.130 e. The van der Waals surface area contributed by atoms with Gasteiger partial charge >= 0.3 is 0 Å². The van der Waals surface area contributed by atoms with Crippen molar-refractivity contribution in [2.24, 2.45) is 0 Å². The fourth-order valence-corrected chi connectivity index (χ4v) is 2.08. The highest BCUT2D eigenvalue weighted by Gasteiger charge is 2.25. The van der Waals surface area contributed by atoms with Gasteiger partial charge in [0.15, 0.2) is 0 Å². The molecule has 0 atom stereocenters. The first kappa shape index (κ1) is 13.8. The van der Waals surface area contributed by atoms with E-state index in [0.717, 1.165) is 17.7 Å². The molecule has 0 N–H and O–H groups in total. The first-order valence-electron chi connectivity index (χ1n) is 6.19. The largest absolute Gasteiger partial charge is 0.493 e. The monoisotopic (exact) mass is 234 g/mol. The minimum atomic E-state index is -0.170. The molecular weight excluding hydrogens is 212 g/mol. The Hall–Kier alpha value is -1.31. The topological polar surface area (TPSA) is 26.3 Å². The summed E-state index contributed by atoms with van der Waals surface area (Å²) in [5, 5.41) is 0. The highest BCUT2D eigenvalue weighted by Crippen LogP contribution is 2.34. The van der Waals surface area contributed by atoms with Crippen LogP contribution in [0.15, 0.2) is 24.3 Å². The van der Waals surface area contributed by atoms with Gasteiger partial charge in [-0.25, -0.2) is 0 Å². The molecule has 0 spiro atoms. The molecule has 1 rings (SSSR count). The predicted molar refractivity (Wildman–Crippen MR) is 70.6 cm³/mol. The van der Waals surface area contributed by atoms with Gasteiger partial charge < -0.3 is 4.74 Å². The van der Waals surface area contributed by atoms with Crippen molar-refractivity contribution in [3.05, 3.63) is 29.8 Å². The quantitative estimate of drug-likeness (QED) is 0.749. The number of ketones is 1. The zero-order chi connectivity index (χ0) is 12.9. The second-order valence-corrected chi connectivity index (χ2v) is 5.11. The van der Waals surface area contributed by atoms with Crippen LogP contribution in [0, 0.1) is 0 Å². The maximum absolute atomic E-state index is 11.3. The predicted octanol–water partition coefficient (Wildman–Crippen LogP) is 3.73. The van der Waals surface area contributed by atoms with Crippen molar-refractivity contribution in [2.45, 2.75) is 46.0 Å². The van der Waals surface area contributed by atoms with Gasteiger partial charge in [0.1, 0.15) is 11.5 Å². The van der Waals surface area contributed by atoms with E-state index in [-0.39, 0.29) is 11.2 Å². The summed E-state index contributed by atoms with van der Waals surface area (Å²) in [7, 11) is 0. The number of rotatable bonds is 6. The van der Waals surface area contributed by atoms with Gasteiger partial charge in [0.05, 0.1) is 6.61 Å². The Morgan fingerprint density at radius 2 is 1.94 bits per heavy atom. The molecule has 0 amide bonds. The molecule has 0 saturated heterocycles. The third-order valence-electron chi connectivity index (χ3n) is 2.77. The molecule has 1 aromatic carbocycles. The second kappa shape index (κ2) is 5.85. The number of ether oxygens (including phenoxy) is 1. The third kappa shape index (κ3) is 3.88. The standard InChI is InChI=1S/C15H22O2/c1-5-10-17-14-9-7-6-8-13(14)15(3,4)11-12(2)16/h6-9H,5,10-11H2,1-4H3. The second-order valence-electron chi connectivity index (χ2n) is 5.11. The molecule has 0 aliphatic carbocycles. The van der Waals surface area contributed by atoms with Crippen molar-refractivity contribution < 1.29 is 9.53 Å². The van der Waals surface area contributed by atoms with E-state index in [4.69, 9.17) is 4.74 Å². The summed E-state index contributed by atoms with van der Waals surface area (Å²) in [5.74, 6) is 1.11. The van der Waals surface area contributed by atoms with E-state index in [1.807, 2.05) is 24.3 Å². The molecule has 1 aromatic rings. The first-order valence-corrected chi connectivity index (χ1v) is 6.19. The lowest BCUT2D eigenvalue weighted by Crippen LogP contribution is -2.21. The summed E-state index contributed by atoms with van der Waals surface area (Å²) in [6.07, 6.45) is 1.53. The fourth-order valence-electron chi connectivity index (χ4n) is 2.08. The summed E-state index contributed by atoms with van der Waals surface area (Å²) in [6.45, 7) is 8.61. The first-order chi connectivity index (χ1) is 7.97. The number of hydrogen-bond donors (Lipinski definition) is 0. The molecule has 0 heterocycles. The van der Waals surface area contributed by atoms with E-state index in [1.165, 1.54) is 0 Å². The van der Waals surface area contributed by atoms with Crippen molar-refractivity contribution >= 4 is 5.78 Å². The molecule has 0 aliphatic rings.